The number of ether oxygens (including phenoxy) is 1. The number of aliphatic hydroxyl groups is 1. The molecule has 0 bridgehead atoms. The second kappa shape index (κ2) is 6.08. The van der Waals surface area contributed by atoms with Crippen molar-refractivity contribution in [2.24, 2.45) is 11.8 Å². The van der Waals surface area contributed by atoms with Crippen molar-refractivity contribution in [2.75, 3.05) is 33.4 Å². The molecule has 1 unspecified atom stereocenters. The van der Waals surface area contributed by atoms with Gasteiger partial charge >= 0.3 is 5.97 Å². The van der Waals surface area contributed by atoms with Gasteiger partial charge in [-0.15, -0.1) is 0 Å². The zero-order chi connectivity index (χ0) is 11.3. The van der Waals surface area contributed by atoms with Crippen LogP contribution < -0.4 is 0 Å². The van der Waals surface area contributed by atoms with Gasteiger partial charge in [0, 0.05) is 19.7 Å². The number of likely N-dealkylation sites (tertiary alicyclic amines) is 1. The fourth-order valence-corrected chi connectivity index (χ4v) is 2.08. The molecule has 1 aliphatic rings. The number of aliphatic hydroxyl groups excluding tert-OH is 1. The zero-order valence-corrected chi connectivity index (χ0v) is 9.61. The molecule has 88 valence electrons. The topological polar surface area (TPSA) is 49.8 Å². The van der Waals surface area contributed by atoms with E-state index in [1.165, 1.54) is 7.11 Å². The Morgan fingerprint density at radius 3 is 3.00 bits per heavy atom. The molecule has 0 aromatic rings. The summed E-state index contributed by atoms with van der Waals surface area (Å²) in [6.07, 6.45) is 1.97. The number of hydrogen-bond donors (Lipinski definition) is 1. The number of esters is 1. The van der Waals surface area contributed by atoms with Crippen LogP contribution in [0.1, 0.15) is 19.8 Å². The molecule has 0 radical (unpaired) electrons. The van der Waals surface area contributed by atoms with Crippen molar-refractivity contribution in [2.45, 2.75) is 19.8 Å². The maximum atomic E-state index is 11.4. The van der Waals surface area contributed by atoms with Crippen LogP contribution in [0.15, 0.2) is 0 Å². The van der Waals surface area contributed by atoms with E-state index in [0.717, 1.165) is 32.5 Å². The summed E-state index contributed by atoms with van der Waals surface area (Å²) < 4.78 is 4.75. The number of methoxy groups -OCH3 is 1. The SMILES string of the molecule is COC(=O)[C@H]1CCCN(CC(C)CO)C1. The highest BCUT2D eigenvalue weighted by Crippen LogP contribution is 2.18. The molecule has 1 fully saturated rings. The average molecular weight is 215 g/mol. The Kier molecular flexibility index (Phi) is 5.05. The van der Waals surface area contributed by atoms with Gasteiger partial charge in [0.2, 0.25) is 0 Å². The predicted molar refractivity (Wildman–Crippen MR) is 57.4 cm³/mol. The van der Waals surface area contributed by atoms with Crippen molar-refractivity contribution in [3.63, 3.8) is 0 Å². The second-order valence-electron chi connectivity index (χ2n) is 4.41. The third kappa shape index (κ3) is 3.80. The first-order chi connectivity index (χ1) is 7.17. The van der Waals surface area contributed by atoms with Crippen LogP contribution in [0.2, 0.25) is 0 Å². The van der Waals surface area contributed by atoms with E-state index in [9.17, 15) is 4.79 Å². The van der Waals surface area contributed by atoms with E-state index in [-0.39, 0.29) is 24.4 Å². The quantitative estimate of drug-likeness (QED) is 0.694. The van der Waals surface area contributed by atoms with E-state index in [4.69, 9.17) is 9.84 Å². The Morgan fingerprint density at radius 1 is 1.67 bits per heavy atom. The molecule has 1 heterocycles. The molecule has 1 aliphatic heterocycles. The summed E-state index contributed by atoms with van der Waals surface area (Å²) in [6.45, 7) is 4.89. The van der Waals surface area contributed by atoms with Crippen molar-refractivity contribution in [3.05, 3.63) is 0 Å². The smallest absolute Gasteiger partial charge is 0.309 e. The van der Waals surface area contributed by atoms with Gasteiger partial charge < -0.3 is 14.7 Å². The Morgan fingerprint density at radius 2 is 2.40 bits per heavy atom. The highest BCUT2D eigenvalue weighted by atomic mass is 16.5. The van der Waals surface area contributed by atoms with Gasteiger partial charge in [-0.05, 0) is 25.3 Å². The summed E-state index contributed by atoms with van der Waals surface area (Å²) in [5.74, 6) is 0.201. The molecular formula is C11H21NO3. The van der Waals surface area contributed by atoms with E-state index in [2.05, 4.69) is 4.90 Å². The molecule has 0 saturated carbocycles. The van der Waals surface area contributed by atoms with Gasteiger partial charge in [-0.25, -0.2) is 0 Å². The van der Waals surface area contributed by atoms with Crippen LogP contribution in [0.25, 0.3) is 0 Å². The van der Waals surface area contributed by atoms with Crippen LogP contribution in [0, 0.1) is 11.8 Å². The first-order valence-electron chi connectivity index (χ1n) is 5.58. The maximum Gasteiger partial charge on any atom is 0.309 e. The van der Waals surface area contributed by atoms with E-state index in [0.29, 0.717) is 0 Å². The minimum Gasteiger partial charge on any atom is -0.469 e. The summed E-state index contributed by atoms with van der Waals surface area (Å²) >= 11 is 0. The lowest BCUT2D eigenvalue weighted by molar-refractivity contribution is -0.147. The number of nitrogens with zero attached hydrogens (tertiary/aromatic N) is 1. The van der Waals surface area contributed by atoms with E-state index < -0.39 is 0 Å². The second-order valence-corrected chi connectivity index (χ2v) is 4.41. The van der Waals surface area contributed by atoms with Gasteiger partial charge in [0.1, 0.15) is 0 Å². The van der Waals surface area contributed by atoms with E-state index >= 15 is 0 Å². The summed E-state index contributed by atoms with van der Waals surface area (Å²) in [6, 6.07) is 0. The Labute approximate surface area is 91.2 Å². The molecule has 2 atom stereocenters. The lowest BCUT2D eigenvalue weighted by Gasteiger charge is -2.32. The maximum absolute atomic E-state index is 11.4. The monoisotopic (exact) mass is 215 g/mol. The first kappa shape index (κ1) is 12.5. The van der Waals surface area contributed by atoms with Crippen molar-refractivity contribution in [3.8, 4) is 0 Å². The molecule has 0 aromatic heterocycles. The van der Waals surface area contributed by atoms with Crippen molar-refractivity contribution in [1.29, 1.82) is 0 Å². The fraction of sp³-hybridized carbons (Fsp3) is 0.909. The average Bonchev–Trinajstić information content (AvgIpc) is 2.28. The molecule has 0 amide bonds. The Hall–Kier alpha value is -0.610. The van der Waals surface area contributed by atoms with E-state index in [1.54, 1.807) is 0 Å². The highest BCUT2D eigenvalue weighted by molar-refractivity contribution is 5.72. The highest BCUT2D eigenvalue weighted by Gasteiger charge is 2.26. The van der Waals surface area contributed by atoms with Crippen LogP contribution in [-0.4, -0.2) is 49.3 Å². The lowest BCUT2D eigenvalue weighted by Crippen LogP contribution is -2.41. The number of hydrogen-bond acceptors (Lipinski definition) is 4. The number of carbonyl (C=O) groups excluding carboxylic acids is 1. The van der Waals surface area contributed by atoms with Crippen molar-refractivity contribution >= 4 is 5.97 Å². The minimum absolute atomic E-state index is 0.0228. The van der Waals surface area contributed by atoms with Crippen LogP contribution in [-0.2, 0) is 9.53 Å². The lowest BCUT2D eigenvalue weighted by atomic mass is 9.97. The predicted octanol–water partition coefficient (Wildman–Crippen LogP) is 0.500. The van der Waals surface area contributed by atoms with E-state index in [1.807, 2.05) is 6.92 Å². The Balaban J connectivity index is 2.38. The van der Waals surface area contributed by atoms with Crippen LogP contribution >= 0.6 is 0 Å². The van der Waals surface area contributed by atoms with Crippen LogP contribution in [0.3, 0.4) is 0 Å². The molecule has 0 aliphatic carbocycles. The Bertz CT molecular complexity index is 208. The van der Waals surface area contributed by atoms with Gasteiger partial charge in [0.25, 0.3) is 0 Å². The number of carbonyl (C=O) groups is 1. The van der Waals surface area contributed by atoms with Crippen molar-refractivity contribution < 1.29 is 14.6 Å². The summed E-state index contributed by atoms with van der Waals surface area (Å²) in [4.78, 5) is 13.6. The molecule has 15 heavy (non-hydrogen) atoms. The molecule has 1 saturated heterocycles. The molecule has 1 N–H and O–H groups in total. The van der Waals surface area contributed by atoms with Crippen LogP contribution in [0.5, 0.6) is 0 Å². The van der Waals surface area contributed by atoms with Gasteiger partial charge in [-0.1, -0.05) is 6.92 Å². The molecule has 1 rings (SSSR count). The molecule has 4 heteroatoms. The number of rotatable bonds is 4. The van der Waals surface area contributed by atoms with Crippen LogP contribution in [0.4, 0.5) is 0 Å². The minimum atomic E-state index is -0.101. The first-order valence-corrected chi connectivity index (χ1v) is 5.58. The zero-order valence-electron chi connectivity index (χ0n) is 9.61. The number of piperidine rings is 1. The van der Waals surface area contributed by atoms with Crippen molar-refractivity contribution in [1.82, 2.24) is 4.90 Å². The third-order valence-electron chi connectivity index (χ3n) is 2.92. The van der Waals surface area contributed by atoms with Gasteiger partial charge in [0.15, 0.2) is 0 Å². The normalized spacial score (nSPS) is 24.9. The third-order valence-corrected chi connectivity index (χ3v) is 2.92. The summed E-state index contributed by atoms with van der Waals surface area (Å²) in [7, 11) is 1.44. The molecule has 0 aromatic carbocycles. The largest absolute Gasteiger partial charge is 0.469 e. The molecule has 0 spiro atoms. The van der Waals surface area contributed by atoms with Gasteiger partial charge in [-0.3, -0.25) is 4.79 Å². The van der Waals surface area contributed by atoms with Gasteiger partial charge in [-0.2, -0.15) is 0 Å². The fourth-order valence-electron chi connectivity index (χ4n) is 2.08. The standard InChI is InChI=1S/C11H21NO3/c1-9(8-13)6-12-5-3-4-10(7-12)11(14)15-2/h9-10,13H,3-8H2,1-2H3/t9?,10-/m0/s1. The molecular weight excluding hydrogens is 194 g/mol. The summed E-state index contributed by atoms with van der Waals surface area (Å²) in [5.41, 5.74) is 0. The van der Waals surface area contributed by atoms with Gasteiger partial charge in [0.05, 0.1) is 13.0 Å². The summed E-state index contributed by atoms with van der Waals surface area (Å²) in [5, 5.41) is 8.97. The molecule has 4 nitrogen and oxygen atoms in total.